The van der Waals surface area contributed by atoms with Gasteiger partial charge in [-0.15, -0.1) is 0 Å². The fraction of sp³-hybridized carbons (Fsp3) is 0.583. The number of nitrogens with zero attached hydrogens (tertiary/aromatic N) is 5. The van der Waals surface area contributed by atoms with Gasteiger partial charge in [0.05, 0.1) is 25.6 Å². The Hall–Kier alpha value is -1.73. The van der Waals surface area contributed by atoms with Crippen LogP contribution in [0.15, 0.2) is 12.7 Å². The second kappa shape index (κ2) is 5.10. The summed E-state index contributed by atoms with van der Waals surface area (Å²) in [4.78, 5) is 14.8. The molecule has 7 nitrogen and oxygen atoms in total. The van der Waals surface area contributed by atoms with E-state index in [0.717, 1.165) is 38.4 Å². The van der Waals surface area contributed by atoms with Gasteiger partial charge in [-0.2, -0.15) is 0 Å². The number of fused-ring (bicyclic) bond motifs is 1. The fourth-order valence-corrected chi connectivity index (χ4v) is 2.43. The summed E-state index contributed by atoms with van der Waals surface area (Å²) in [5.74, 6) is 0.420. The monoisotopic (exact) mass is 262 g/mol. The van der Waals surface area contributed by atoms with E-state index < -0.39 is 0 Å². The van der Waals surface area contributed by atoms with E-state index in [0.29, 0.717) is 11.3 Å². The number of aromatic nitrogens is 4. The summed E-state index contributed by atoms with van der Waals surface area (Å²) in [7, 11) is 0. The number of morpholine rings is 1. The third kappa shape index (κ3) is 2.39. The average molecular weight is 262 g/mol. The summed E-state index contributed by atoms with van der Waals surface area (Å²) in [5.41, 5.74) is 7.21. The van der Waals surface area contributed by atoms with Crippen LogP contribution in [0.5, 0.6) is 0 Å². The van der Waals surface area contributed by atoms with Gasteiger partial charge in [0.25, 0.3) is 0 Å². The molecule has 2 N–H and O–H groups in total. The van der Waals surface area contributed by atoms with Gasteiger partial charge in [-0.25, -0.2) is 15.0 Å². The van der Waals surface area contributed by atoms with Crippen molar-refractivity contribution in [2.75, 3.05) is 32.0 Å². The first-order valence-corrected chi connectivity index (χ1v) is 6.53. The Morgan fingerprint density at radius 1 is 1.42 bits per heavy atom. The maximum absolute atomic E-state index is 5.80. The second-order valence-electron chi connectivity index (χ2n) is 4.71. The number of likely N-dealkylation sites (N-methyl/N-ethyl adjacent to an activating group) is 1. The van der Waals surface area contributed by atoms with Crippen LogP contribution in [0.25, 0.3) is 11.2 Å². The Bertz CT molecular complexity index is 568. The highest BCUT2D eigenvalue weighted by Gasteiger charge is 2.20. The molecule has 102 valence electrons. The van der Waals surface area contributed by atoms with Crippen LogP contribution in [0.2, 0.25) is 0 Å². The third-order valence-electron chi connectivity index (χ3n) is 3.50. The van der Waals surface area contributed by atoms with Crippen LogP contribution in [0.3, 0.4) is 0 Å². The molecule has 1 unspecified atom stereocenters. The third-order valence-corrected chi connectivity index (χ3v) is 3.50. The fourth-order valence-electron chi connectivity index (χ4n) is 2.43. The van der Waals surface area contributed by atoms with Gasteiger partial charge >= 0.3 is 0 Å². The van der Waals surface area contributed by atoms with Gasteiger partial charge in [0.15, 0.2) is 11.5 Å². The lowest BCUT2D eigenvalue weighted by molar-refractivity contribution is -0.0338. The molecule has 0 radical (unpaired) electrons. The predicted molar refractivity (Wildman–Crippen MR) is 71.6 cm³/mol. The highest BCUT2D eigenvalue weighted by molar-refractivity contribution is 5.81. The van der Waals surface area contributed by atoms with Crippen molar-refractivity contribution in [3.8, 4) is 0 Å². The Kier molecular flexibility index (Phi) is 3.31. The molecule has 0 amide bonds. The standard InChI is InChI=1S/C12H18N6O/c1-2-17-3-4-19-9(5-17)6-18-8-16-10-11(13)14-7-15-12(10)18/h7-9H,2-6H2,1H3,(H2,13,14,15). The van der Waals surface area contributed by atoms with Crippen LogP contribution in [0, 0.1) is 0 Å². The topological polar surface area (TPSA) is 82.1 Å². The number of nitrogen functional groups attached to an aromatic ring is 1. The first-order chi connectivity index (χ1) is 9.28. The van der Waals surface area contributed by atoms with Crippen molar-refractivity contribution in [1.29, 1.82) is 0 Å². The second-order valence-corrected chi connectivity index (χ2v) is 4.71. The number of rotatable bonds is 3. The lowest BCUT2D eigenvalue weighted by Crippen LogP contribution is -2.43. The normalized spacial score (nSPS) is 21.0. The van der Waals surface area contributed by atoms with E-state index in [2.05, 4.69) is 26.8 Å². The van der Waals surface area contributed by atoms with Crippen LogP contribution >= 0.6 is 0 Å². The summed E-state index contributed by atoms with van der Waals surface area (Å²) in [6.07, 6.45) is 3.39. The van der Waals surface area contributed by atoms with Crippen LogP contribution in [0.4, 0.5) is 5.82 Å². The van der Waals surface area contributed by atoms with Crippen LogP contribution in [-0.2, 0) is 11.3 Å². The molecule has 0 aromatic carbocycles. The quantitative estimate of drug-likeness (QED) is 0.846. The minimum atomic E-state index is 0.169. The van der Waals surface area contributed by atoms with Crippen molar-refractivity contribution in [3.05, 3.63) is 12.7 Å². The molecule has 0 spiro atoms. The van der Waals surface area contributed by atoms with Crippen LogP contribution in [-0.4, -0.2) is 56.8 Å². The highest BCUT2D eigenvalue weighted by Crippen LogP contribution is 2.16. The van der Waals surface area contributed by atoms with Crippen molar-refractivity contribution in [2.24, 2.45) is 0 Å². The van der Waals surface area contributed by atoms with Crippen molar-refractivity contribution in [3.63, 3.8) is 0 Å². The van der Waals surface area contributed by atoms with Crippen molar-refractivity contribution >= 4 is 17.0 Å². The van der Waals surface area contributed by atoms with Crippen LogP contribution in [0.1, 0.15) is 6.92 Å². The van der Waals surface area contributed by atoms with Crippen molar-refractivity contribution in [2.45, 2.75) is 19.6 Å². The molecule has 3 rings (SSSR count). The number of ether oxygens (including phenoxy) is 1. The van der Waals surface area contributed by atoms with Gasteiger partial charge in [-0.1, -0.05) is 6.92 Å². The summed E-state index contributed by atoms with van der Waals surface area (Å²) >= 11 is 0. The molecule has 7 heteroatoms. The molecule has 0 bridgehead atoms. The Morgan fingerprint density at radius 2 is 2.32 bits per heavy atom. The molecular formula is C12H18N6O. The maximum atomic E-state index is 5.80. The first-order valence-electron chi connectivity index (χ1n) is 6.53. The molecule has 1 atom stereocenters. The molecule has 0 aliphatic carbocycles. The van der Waals surface area contributed by atoms with Gasteiger partial charge in [0.2, 0.25) is 0 Å². The lowest BCUT2D eigenvalue weighted by Gasteiger charge is -2.32. The van der Waals surface area contributed by atoms with E-state index >= 15 is 0 Å². The van der Waals surface area contributed by atoms with Crippen molar-refractivity contribution < 1.29 is 4.74 Å². The van der Waals surface area contributed by atoms with E-state index in [1.54, 1.807) is 6.33 Å². The minimum Gasteiger partial charge on any atom is -0.382 e. The smallest absolute Gasteiger partial charge is 0.165 e. The largest absolute Gasteiger partial charge is 0.382 e. The molecule has 1 aliphatic heterocycles. The van der Waals surface area contributed by atoms with Crippen LogP contribution < -0.4 is 5.73 Å². The summed E-state index contributed by atoms with van der Waals surface area (Å²) in [6, 6.07) is 0. The number of imidazole rings is 1. The van der Waals surface area contributed by atoms with Gasteiger partial charge in [0, 0.05) is 13.1 Å². The molecule has 2 aromatic rings. The van der Waals surface area contributed by atoms with E-state index in [1.807, 2.05) is 4.57 Å². The Labute approximate surface area is 111 Å². The first kappa shape index (κ1) is 12.3. The van der Waals surface area contributed by atoms with Gasteiger partial charge in [-0.05, 0) is 6.54 Å². The zero-order valence-corrected chi connectivity index (χ0v) is 11.0. The van der Waals surface area contributed by atoms with Gasteiger partial charge in [-0.3, -0.25) is 4.90 Å². The van der Waals surface area contributed by atoms with Gasteiger partial charge in [0.1, 0.15) is 11.8 Å². The highest BCUT2D eigenvalue weighted by atomic mass is 16.5. The summed E-state index contributed by atoms with van der Waals surface area (Å²) < 4.78 is 7.78. The average Bonchev–Trinajstić information content (AvgIpc) is 2.84. The molecule has 3 heterocycles. The molecule has 1 fully saturated rings. The number of hydrogen-bond acceptors (Lipinski definition) is 6. The zero-order chi connectivity index (χ0) is 13.2. The molecule has 0 saturated carbocycles. The summed E-state index contributed by atoms with van der Waals surface area (Å²) in [5, 5.41) is 0. The molecule has 1 aliphatic rings. The molecular weight excluding hydrogens is 244 g/mol. The Morgan fingerprint density at radius 3 is 3.16 bits per heavy atom. The number of hydrogen-bond donors (Lipinski definition) is 1. The maximum Gasteiger partial charge on any atom is 0.165 e. The van der Waals surface area contributed by atoms with Gasteiger partial charge < -0.3 is 15.0 Å². The number of nitrogens with two attached hydrogens (primary N) is 1. The molecule has 1 saturated heterocycles. The number of anilines is 1. The van der Waals surface area contributed by atoms with Crippen molar-refractivity contribution in [1.82, 2.24) is 24.4 Å². The van der Waals surface area contributed by atoms with E-state index in [4.69, 9.17) is 10.5 Å². The van der Waals surface area contributed by atoms with E-state index in [9.17, 15) is 0 Å². The Balaban J connectivity index is 1.80. The SMILES string of the molecule is CCN1CCOC(Cn2cnc3c(N)ncnc32)C1. The zero-order valence-electron chi connectivity index (χ0n) is 11.0. The molecule has 19 heavy (non-hydrogen) atoms. The molecule has 2 aromatic heterocycles. The predicted octanol–water partition coefficient (Wildman–Crippen LogP) is 0.129. The summed E-state index contributed by atoms with van der Waals surface area (Å²) in [6.45, 7) is 6.69. The van der Waals surface area contributed by atoms with E-state index in [-0.39, 0.29) is 6.10 Å². The lowest BCUT2D eigenvalue weighted by atomic mass is 10.2. The minimum absolute atomic E-state index is 0.169. The van der Waals surface area contributed by atoms with E-state index in [1.165, 1.54) is 6.33 Å².